The predicted octanol–water partition coefficient (Wildman–Crippen LogP) is 8.51. The zero-order chi connectivity index (χ0) is 19.8. The van der Waals surface area contributed by atoms with Crippen molar-refractivity contribution in [1.82, 2.24) is 0 Å². The molecule has 1 heteroatoms. The number of rotatable bonds is 9. The third-order valence-electron chi connectivity index (χ3n) is 7.99. The Kier molecular flexibility index (Phi) is 8.87. The first-order valence-corrected chi connectivity index (χ1v) is 12.4. The molecule has 0 radical (unpaired) electrons. The van der Waals surface area contributed by atoms with Crippen LogP contribution in [0.2, 0.25) is 0 Å². The summed E-state index contributed by atoms with van der Waals surface area (Å²) in [6.45, 7) is 4.63. The molecule has 2 aliphatic rings. The van der Waals surface area contributed by atoms with Crippen LogP contribution >= 0.6 is 0 Å². The van der Waals surface area contributed by atoms with E-state index in [0.717, 1.165) is 42.1 Å². The van der Waals surface area contributed by atoms with Gasteiger partial charge in [0.05, 0.1) is 0 Å². The smallest absolute Gasteiger partial charge is 0.126 e. The van der Waals surface area contributed by atoms with Gasteiger partial charge in [-0.25, -0.2) is 4.39 Å². The van der Waals surface area contributed by atoms with Crippen molar-refractivity contribution >= 4 is 0 Å². The molecular weight excluding hydrogens is 343 g/mol. The average molecular weight is 387 g/mol. The lowest BCUT2D eigenvalue weighted by atomic mass is 9.78. The summed E-state index contributed by atoms with van der Waals surface area (Å²) in [4.78, 5) is 0. The van der Waals surface area contributed by atoms with E-state index < -0.39 is 0 Å². The third kappa shape index (κ3) is 6.60. The highest BCUT2D eigenvalue weighted by Crippen LogP contribution is 2.35. The molecule has 0 spiro atoms. The van der Waals surface area contributed by atoms with Crippen molar-refractivity contribution < 1.29 is 4.39 Å². The molecule has 0 amide bonds. The molecule has 2 aliphatic carbocycles. The minimum Gasteiger partial charge on any atom is -0.207 e. The van der Waals surface area contributed by atoms with E-state index in [4.69, 9.17) is 0 Å². The molecule has 0 N–H and O–H groups in total. The number of halogens is 1. The van der Waals surface area contributed by atoms with Crippen LogP contribution < -0.4 is 0 Å². The molecule has 158 valence electrons. The maximum Gasteiger partial charge on any atom is 0.126 e. The van der Waals surface area contributed by atoms with Crippen LogP contribution in [0, 0.1) is 29.5 Å². The lowest BCUT2D eigenvalue weighted by Crippen LogP contribution is -2.15. The topological polar surface area (TPSA) is 0 Å². The molecule has 1 aromatic rings. The molecule has 1 aromatic carbocycles. The molecule has 0 atom stereocenters. The van der Waals surface area contributed by atoms with Crippen molar-refractivity contribution in [3.05, 3.63) is 35.1 Å². The van der Waals surface area contributed by atoms with Crippen molar-refractivity contribution in [1.29, 1.82) is 0 Å². The second-order valence-electron chi connectivity index (χ2n) is 9.97. The summed E-state index contributed by atoms with van der Waals surface area (Å²) in [5.74, 6) is 3.68. The maximum absolute atomic E-state index is 14.6. The summed E-state index contributed by atoms with van der Waals surface area (Å²) in [7, 11) is 0. The fourth-order valence-electron chi connectivity index (χ4n) is 5.82. The SMILES string of the molecule is CCCC1CCC(CCc2ccc(CCC3CCC(CC)CC3)c(F)c2)CC1. The molecule has 0 aromatic heterocycles. The molecule has 28 heavy (non-hydrogen) atoms. The molecule has 0 aliphatic heterocycles. The quantitative estimate of drug-likeness (QED) is 0.399. The van der Waals surface area contributed by atoms with Crippen LogP contribution in [0.25, 0.3) is 0 Å². The van der Waals surface area contributed by atoms with Crippen molar-refractivity contribution in [3.63, 3.8) is 0 Å². The molecule has 2 fully saturated rings. The Hall–Kier alpha value is -0.850. The van der Waals surface area contributed by atoms with E-state index in [1.54, 1.807) is 0 Å². The van der Waals surface area contributed by atoms with Gasteiger partial charge in [-0.1, -0.05) is 96.6 Å². The number of benzene rings is 1. The highest BCUT2D eigenvalue weighted by atomic mass is 19.1. The Morgan fingerprint density at radius 3 is 1.79 bits per heavy atom. The van der Waals surface area contributed by atoms with Gasteiger partial charge in [-0.15, -0.1) is 0 Å². The van der Waals surface area contributed by atoms with Gasteiger partial charge in [0.25, 0.3) is 0 Å². The zero-order valence-electron chi connectivity index (χ0n) is 18.5. The second-order valence-corrected chi connectivity index (χ2v) is 9.97. The molecule has 0 nitrogen and oxygen atoms in total. The van der Waals surface area contributed by atoms with Gasteiger partial charge in [0.1, 0.15) is 5.82 Å². The Balaban J connectivity index is 1.39. The summed E-state index contributed by atoms with van der Waals surface area (Å²) < 4.78 is 14.6. The van der Waals surface area contributed by atoms with Crippen molar-refractivity contribution in [2.75, 3.05) is 0 Å². The highest BCUT2D eigenvalue weighted by Gasteiger charge is 2.21. The van der Waals surface area contributed by atoms with Gasteiger partial charge in [-0.3, -0.25) is 0 Å². The first kappa shape index (κ1) is 21.8. The van der Waals surface area contributed by atoms with Crippen molar-refractivity contribution in [2.24, 2.45) is 23.7 Å². The monoisotopic (exact) mass is 386 g/mol. The molecule has 2 saturated carbocycles. The van der Waals surface area contributed by atoms with E-state index in [1.807, 2.05) is 6.07 Å². The molecule has 3 rings (SSSR count). The molecule has 0 bridgehead atoms. The fraction of sp³-hybridized carbons (Fsp3) is 0.778. The first-order chi connectivity index (χ1) is 13.7. The van der Waals surface area contributed by atoms with Crippen LogP contribution in [0.1, 0.15) is 108 Å². The van der Waals surface area contributed by atoms with Gasteiger partial charge >= 0.3 is 0 Å². The van der Waals surface area contributed by atoms with E-state index >= 15 is 0 Å². The predicted molar refractivity (Wildman–Crippen MR) is 119 cm³/mol. The second kappa shape index (κ2) is 11.4. The zero-order valence-corrected chi connectivity index (χ0v) is 18.5. The van der Waals surface area contributed by atoms with Gasteiger partial charge < -0.3 is 0 Å². The average Bonchev–Trinajstić information content (AvgIpc) is 2.73. The lowest BCUT2D eigenvalue weighted by Gasteiger charge is -2.28. The van der Waals surface area contributed by atoms with Gasteiger partial charge in [-0.05, 0) is 66.5 Å². The standard InChI is InChI=1S/C27H43F/c1-3-5-22-10-12-23(13-11-22)14-15-25-17-19-26(27(28)20-25)18-16-24-8-6-21(4-2)7-9-24/h17,19-24H,3-16,18H2,1-2H3. The molecule has 0 saturated heterocycles. The Morgan fingerprint density at radius 1 is 0.714 bits per heavy atom. The van der Waals surface area contributed by atoms with Crippen molar-refractivity contribution in [3.8, 4) is 0 Å². The van der Waals surface area contributed by atoms with Crippen molar-refractivity contribution in [2.45, 2.75) is 110 Å². The summed E-state index contributed by atoms with van der Waals surface area (Å²) in [5, 5.41) is 0. The Labute approximate surface area is 173 Å². The highest BCUT2D eigenvalue weighted by molar-refractivity contribution is 5.24. The van der Waals surface area contributed by atoms with Crippen LogP contribution in [-0.4, -0.2) is 0 Å². The van der Waals surface area contributed by atoms with E-state index in [9.17, 15) is 4.39 Å². The normalized spacial score (nSPS) is 28.4. The van der Waals surface area contributed by atoms with E-state index in [0.29, 0.717) is 0 Å². The van der Waals surface area contributed by atoms with Crippen LogP contribution in [0.5, 0.6) is 0 Å². The van der Waals surface area contributed by atoms with E-state index in [2.05, 4.69) is 26.0 Å². The maximum atomic E-state index is 14.6. The summed E-state index contributed by atoms with van der Waals surface area (Å²) in [6.07, 6.45) is 19.6. The van der Waals surface area contributed by atoms with Crippen LogP contribution in [0.15, 0.2) is 18.2 Å². The Bertz CT molecular complexity index is 562. The van der Waals surface area contributed by atoms with Crippen LogP contribution in [0.3, 0.4) is 0 Å². The van der Waals surface area contributed by atoms with Gasteiger partial charge in [-0.2, -0.15) is 0 Å². The van der Waals surface area contributed by atoms with E-state index in [1.165, 1.54) is 89.0 Å². The van der Waals surface area contributed by atoms with Crippen LogP contribution in [-0.2, 0) is 12.8 Å². The third-order valence-corrected chi connectivity index (χ3v) is 7.99. The lowest BCUT2D eigenvalue weighted by molar-refractivity contribution is 0.252. The molecular formula is C27H43F. The minimum absolute atomic E-state index is 0.0476. The Morgan fingerprint density at radius 2 is 1.25 bits per heavy atom. The molecule has 0 unspecified atom stereocenters. The van der Waals surface area contributed by atoms with Gasteiger partial charge in [0.2, 0.25) is 0 Å². The number of aryl methyl sites for hydroxylation is 2. The summed E-state index contributed by atoms with van der Waals surface area (Å²) >= 11 is 0. The largest absolute Gasteiger partial charge is 0.207 e. The van der Waals surface area contributed by atoms with E-state index in [-0.39, 0.29) is 5.82 Å². The van der Waals surface area contributed by atoms with Gasteiger partial charge in [0.15, 0.2) is 0 Å². The summed E-state index contributed by atoms with van der Waals surface area (Å²) in [6, 6.07) is 6.13. The minimum atomic E-state index is 0.0476. The summed E-state index contributed by atoms with van der Waals surface area (Å²) in [5.41, 5.74) is 2.15. The van der Waals surface area contributed by atoms with Crippen LogP contribution in [0.4, 0.5) is 4.39 Å². The number of hydrogen-bond acceptors (Lipinski definition) is 0. The molecule has 0 heterocycles. The number of hydrogen-bond donors (Lipinski definition) is 0. The first-order valence-electron chi connectivity index (χ1n) is 12.4. The fourth-order valence-corrected chi connectivity index (χ4v) is 5.82. The van der Waals surface area contributed by atoms with Gasteiger partial charge in [0, 0.05) is 0 Å².